The van der Waals surface area contributed by atoms with E-state index in [0.29, 0.717) is 5.56 Å². The van der Waals surface area contributed by atoms with Crippen LogP contribution in [0.15, 0.2) is 0 Å². The van der Waals surface area contributed by atoms with E-state index in [0.717, 1.165) is 0 Å². The van der Waals surface area contributed by atoms with Crippen LogP contribution in [0.25, 0.3) is 0 Å². The number of aromatic amines is 1. The van der Waals surface area contributed by atoms with Crippen molar-refractivity contribution in [2.75, 3.05) is 6.61 Å². The minimum absolute atomic E-state index is 0.0641. The van der Waals surface area contributed by atoms with Crippen LogP contribution in [-0.4, -0.2) is 40.2 Å². The topological polar surface area (TPSA) is 106 Å². The minimum Gasteiger partial charge on any atom is -0.481 e. The molecule has 22 heavy (non-hydrogen) atoms. The Morgan fingerprint density at radius 1 is 1.18 bits per heavy atom. The molecule has 0 saturated heterocycles. The van der Waals surface area contributed by atoms with Gasteiger partial charge in [-0.25, -0.2) is 9.59 Å². The summed E-state index contributed by atoms with van der Waals surface area (Å²) in [4.78, 5) is 37.8. The Bertz CT molecular complexity index is 594. The van der Waals surface area contributed by atoms with Crippen molar-refractivity contribution in [1.82, 2.24) is 4.98 Å². The lowest BCUT2D eigenvalue weighted by Gasteiger charge is -2.19. The Morgan fingerprint density at radius 2 is 1.77 bits per heavy atom. The van der Waals surface area contributed by atoms with Crippen molar-refractivity contribution in [2.45, 2.75) is 46.6 Å². The van der Waals surface area contributed by atoms with Crippen LogP contribution in [0.2, 0.25) is 0 Å². The van der Waals surface area contributed by atoms with E-state index < -0.39 is 29.9 Å². The molecular weight excluding hydrogens is 290 g/mol. The number of ether oxygens (including phenoxy) is 2. The molecule has 0 atom stereocenters. The molecule has 2 N–H and O–H groups in total. The number of carbonyl (C=O) groups is 3. The van der Waals surface area contributed by atoms with Crippen molar-refractivity contribution in [3.05, 3.63) is 22.5 Å². The zero-order valence-electron chi connectivity index (χ0n) is 13.4. The summed E-state index contributed by atoms with van der Waals surface area (Å²) >= 11 is 0. The van der Waals surface area contributed by atoms with Crippen molar-refractivity contribution < 1.29 is 29.0 Å². The van der Waals surface area contributed by atoms with Crippen LogP contribution in [0.5, 0.6) is 0 Å². The molecule has 0 saturated carbocycles. The number of esters is 2. The Labute approximate surface area is 128 Å². The highest BCUT2D eigenvalue weighted by Gasteiger charge is 2.28. The first-order chi connectivity index (χ1) is 10.1. The Kier molecular flexibility index (Phi) is 5.35. The van der Waals surface area contributed by atoms with Gasteiger partial charge in [-0.1, -0.05) is 0 Å². The smallest absolute Gasteiger partial charge is 0.355 e. The molecule has 122 valence electrons. The number of carboxylic acids is 1. The van der Waals surface area contributed by atoms with Crippen molar-refractivity contribution in [1.29, 1.82) is 0 Å². The first-order valence-electron chi connectivity index (χ1n) is 6.90. The predicted molar refractivity (Wildman–Crippen MR) is 78.0 cm³/mol. The van der Waals surface area contributed by atoms with Gasteiger partial charge in [-0.2, -0.15) is 0 Å². The van der Waals surface area contributed by atoms with Crippen molar-refractivity contribution in [2.24, 2.45) is 0 Å². The molecule has 1 rings (SSSR count). The maximum Gasteiger partial charge on any atom is 0.355 e. The molecule has 7 nitrogen and oxygen atoms in total. The predicted octanol–water partition coefficient (Wildman–Crippen LogP) is 2.08. The summed E-state index contributed by atoms with van der Waals surface area (Å²) < 4.78 is 10.2. The number of hydrogen-bond donors (Lipinski definition) is 2. The largest absolute Gasteiger partial charge is 0.481 e. The fourth-order valence-electron chi connectivity index (χ4n) is 1.96. The lowest BCUT2D eigenvalue weighted by Crippen LogP contribution is -2.24. The van der Waals surface area contributed by atoms with Crippen molar-refractivity contribution >= 4 is 17.9 Å². The summed E-state index contributed by atoms with van der Waals surface area (Å²) in [5.41, 5.74) is -0.112. The summed E-state index contributed by atoms with van der Waals surface area (Å²) in [6, 6.07) is 0. The minimum atomic E-state index is -1.12. The van der Waals surface area contributed by atoms with E-state index in [-0.39, 0.29) is 23.6 Å². The number of rotatable bonds is 5. The van der Waals surface area contributed by atoms with Gasteiger partial charge in [-0.05, 0) is 40.2 Å². The van der Waals surface area contributed by atoms with Crippen LogP contribution in [0, 0.1) is 6.92 Å². The van der Waals surface area contributed by atoms with Gasteiger partial charge >= 0.3 is 17.9 Å². The van der Waals surface area contributed by atoms with Crippen molar-refractivity contribution in [3.8, 4) is 0 Å². The molecule has 0 radical (unpaired) electrons. The van der Waals surface area contributed by atoms with Gasteiger partial charge in [-0.15, -0.1) is 0 Å². The highest BCUT2D eigenvalue weighted by atomic mass is 16.6. The molecule has 1 aromatic rings. The normalized spacial score (nSPS) is 11.1. The zero-order valence-corrected chi connectivity index (χ0v) is 13.4. The Balaban J connectivity index is 3.28. The molecule has 0 fully saturated rings. The maximum absolute atomic E-state index is 12.2. The molecule has 0 aromatic carbocycles. The van der Waals surface area contributed by atoms with Gasteiger partial charge in [0.2, 0.25) is 0 Å². The van der Waals surface area contributed by atoms with Crippen LogP contribution in [0.1, 0.15) is 59.8 Å². The van der Waals surface area contributed by atoms with Gasteiger partial charge < -0.3 is 19.6 Å². The fraction of sp³-hybridized carbons (Fsp3) is 0.533. The molecular formula is C15H21NO6. The van der Waals surface area contributed by atoms with Crippen LogP contribution in [0.3, 0.4) is 0 Å². The lowest BCUT2D eigenvalue weighted by molar-refractivity contribution is -0.136. The summed E-state index contributed by atoms with van der Waals surface area (Å²) in [6.07, 6.45) is -0.419. The second kappa shape index (κ2) is 6.64. The summed E-state index contributed by atoms with van der Waals surface area (Å²) in [5.74, 6) is -2.43. The van der Waals surface area contributed by atoms with E-state index in [1.807, 2.05) is 0 Å². The van der Waals surface area contributed by atoms with Gasteiger partial charge in [0.1, 0.15) is 11.3 Å². The third kappa shape index (κ3) is 4.34. The second-order valence-corrected chi connectivity index (χ2v) is 5.77. The average Bonchev–Trinajstić information content (AvgIpc) is 2.63. The van der Waals surface area contributed by atoms with E-state index in [9.17, 15) is 14.4 Å². The first kappa shape index (κ1) is 17.7. The molecule has 0 unspecified atom stereocenters. The quantitative estimate of drug-likeness (QED) is 0.806. The number of carboxylic acid groups (broad SMARTS) is 1. The third-order valence-electron chi connectivity index (χ3n) is 2.74. The fourth-order valence-corrected chi connectivity index (χ4v) is 1.96. The number of nitrogens with one attached hydrogen (secondary N) is 1. The highest BCUT2D eigenvalue weighted by Crippen LogP contribution is 2.22. The van der Waals surface area contributed by atoms with Crippen LogP contribution in [-0.2, 0) is 20.7 Å². The first-order valence-corrected chi connectivity index (χ1v) is 6.90. The van der Waals surface area contributed by atoms with Gasteiger partial charge in [-0.3, -0.25) is 4.79 Å². The number of H-pyrrole nitrogens is 1. The molecule has 0 bridgehead atoms. The van der Waals surface area contributed by atoms with Gasteiger partial charge in [0, 0.05) is 5.69 Å². The van der Waals surface area contributed by atoms with Crippen LogP contribution in [0.4, 0.5) is 0 Å². The van der Waals surface area contributed by atoms with Gasteiger partial charge in [0.05, 0.1) is 18.6 Å². The maximum atomic E-state index is 12.2. The summed E-state index contributed by atoms with van der Waals surface area (Å²) in [6.45, 7) is 8.49. The number of aromatic nitrogens is 1. The van der Waals surface area contributed by atoms with E-state index in [1.54, 1.807) is 34.6 Å². The molecule has 0 aliphatic rings. The monoisotopic (exact) mass is 311 g/mol. The Morgan fingerprint density at radius 3 is 2.23 bits per heavy atom. The number of carbonyl (C=O) groups excluding carboxylic acids is 2. The van der Waals surface area contributed by atoms with E-state index in [1.165, 1.54) is 0 Å². The third-order valence-corrected chi connectivity index (χ3v) is 2.74. The average molecular weight is 311 g/mol. The molecule has 0 spiro atoms. The summed E-state index contributed by atoms with van der Waals surface area (Å²) in [5, 5.41) is 8.94. The summed E-state index contributed by atoms with van der Waals surface area (Å²) in [7, 11) is 0. The zero-order chi connectivity index (χ0) is 17.1. The molecule has 0 aliphatic heterocycles. The standard InChI is InChI=1S/C15H21NO6/c1-6-21-13(19)11-8(2)12(14(20)22-15(3,4)5)16-9(11)7-10(17)18/h16H,6-7H2,1-5H3,(H,17,18). The highest BCUT2D eigenvalue weighted by molar-refractivity contribution is 5.99. The van der Waals surface area contributed by atoms with Crippen LogP contribution < -0.4 is 0 Å². The molecule has 0 amide bonds. The molecule has 1 aromatic heterocycles. The van der Waals surface area contributed by atoms with E-state index in [2.05, 4.69) is 4.98 Å². The number of hydrogen-bond acceptors (Lipinski definition) is 5. The molecule has 7 heteroatoms. The van der Waals surface area contributed by atoms with E-state index in [4.69, 9.17) is 14.6 Å². The van der Waals surface area contributed by atoms with Crippen molar-refractivity contribution in [3.63, 3.8) is 0 Å². The Hall–Kier alpha value is -2.31. The SMILES string of the molecule is CCOC(=O)c1c(CC(=O)O)[nH]c(C(=O)OC(C)(C)C)c1C. The number of aliphatic carboxylic acids is 1. The van der Waals surface area contributed by atoms with E-state index >= 15 is 0 Å². The molecule has 1 heterocycles. The lowest BCUT2D eigenvalue weighted by atomic mass is 10.1. The van der Waals surface area contributed by atoms with Gasteiger partial charge in [0.15, 0.2) is 0 Å². The second-order valence-electron chi connectivity index (χ2n) is 5.77. The van der Waals surface area contributed by atoms with Crippen LogP contribution >= 0.6 is 0 Å². The molecule has 0 aliphatic carbocycles. The van der Waals surface area contributed by atoms with Gasteiger partial charge in [0.25, 0.3) is 0 Å².